The minimum Gasteiger partial charge on any atom is -0.385 e. The van der Waals surface area contributed by atoms with E-state index in [1.807, 2.05) is 6.92 Å². The van der Waals surface area contributed by atoms with Crippen LogP contribution in [0.2, 0.25) is 0 Å². The second-order valence-electron chi connectivity index (χ2n) is 2.49. The number of aliphatic hydroxyl groups excluding tert-OH is 1. The van der Waals surface area contributed by atoms with Crippen LogP contribution in [0.15, 0.2) is 11.1 Å². The maximum atomic E-state index is 10.8. The van der Waals surface area contributed by atoms with Gasteiger partial charge in [0.1, 0.15) is 6.10 Å². The van der Waals surface area contributed by atoms with Crippen molar-refractivity contribution >= 4 is 5.78 Å². The minimum atomic E-state index is -0.745. The molecule has 1 aliphatic carbocycles. The van der Waals surface area contributed by atoms with Gasteiger partial charge in [0.05, 0.1) is 0 Å². The van der Waals surface area contributed by atoms with E-state index in [1.165, 1.54) is 0 Å². The zero-order valence-corrected chi connectivity index (χ0v) is 5.64. The lowest BCUT2D eigenvalue weighted by Gasteiger charge is -1.94. The van der Waals surface area contributed by atoms with Crippen LogP contribution in [0.25, 0.3) is 0 Å². The van der Waals surface area contributed by atoms with Gasteiger partial charge in [0.15, 0.2) is 5.78 Å². The zero-order chi connectivity index (χ0) is 7.02. The monoisotopic (exact) mass is 126 g/mol. The van der Waals surface area contributed by atoms with Crippen LogP contribution in [-0.2, 0) is 4.79 Å². The quantitative estimate of drug-likeness (QED) is 0.517. The Morgan fingerprint density at radius 1 is 1.56 bits per heavy atom. The average molecular weight is 126 g/mol. The Labute approximate surface area is 54.2 Å². The Bertz CT molecular complexity index is 179. The predicted molar refractivity (Wildman–Crippen MR) is 34.0 cm³/mol. The first-order valence-corrected chi connectivity index (χ1v) is 3.01. The van der Waals surface area contributed by atoms with E-state index in [2.05, 4.69) is 0 Å². The predicted octanol–water partition coefficient (Wildman–Crippen LogP) is 0.657. The van der Waals surface area contributed by atoms with E-state index in [0.29, 0.717) is 6.42 Å². The lowest BCUT2D eigenvalue weighted by molar-refractivity contribution is -0.122. The van der Waals surface area contributed by atoms with Crippen LogP contribution in [-0.4, -0.2) is 17.0 Å². The Kier molecular flexibility index (Phi) is 1.41. The number of ketones is 1. The SMILES string of the molecule is CC1=C(C)C(=O)[C@H](O)C1. The largest absolute Gasteiger partial charge is 0.385 e. The molecule has 0 aliphatic heterocycles. The lowest BCUT2D eigenvalue weighted by atomic mass is 10.2. The number of aliphatic hydroxyl groups is 1. The van der Waals surface area contributed by atoms with Gasteiger partial charge in [0.2, 0.25) is 0 Å². The minimum absolute atomic E-state index is 0.104. The molecule has 0 aromatic heterocycles. The first kappa shape index (κ1) is 6.49. The number of hydrogen-bond acceptors (Lipinski definition) is 2. The van der Waals surface area contributed by atoms with E-state index in [0.717, 1.165) is 11.1 Å². The summed E-state index contributed by atoms with van der Waals surface area (Å²) < 4.78 is 0. The van der Waals surface area contributed by atoms with Crippen molar-refractivity contribution in [3.63, 3.8) is 0 Å². The van der Waals surface area contributed by atoms with Crippen molar-refractivity contribution in [3.8, 4) is 0 Å². The average Bonchev–Trinajstić information content (AvgIpc) is 1.98. The van der Waals surface area contributed by atoms with Gasteiger partial charge in [-0.05, 0) is 19.4 Å². The Balaban J connectivity index is 2.87. The summed E-state index contributed by atoms with van der Waals surface area (Å²) in [6.07, 6.45) is -0.213. The first-order chi connectivity index (χ1) is 4.13. The summed E-state index contributed by atoms with van der Waals surface area (Å²) >= 11 is 0. The molecule has 0 saturated heterocycles. The van der Waals surface area contributed by atoms with E-state index in [-0.39, 0.29) is 5.78 Å². The molecule has 2 nitrogen and oxygen atoms in total. The van der Waals surface area contributed by atoms with Crippen LogP contribution in [0.3, 0.4) is 0 Å². The number of carbonyl (C=O) groups excluding carboxylic acids is 1. The van der Waals surface area contributed by atoms with Gasteiger partial charge < -0.3 is 5.11 Å². The highest BCUT2D eigenvalue weighted by Gasteiger charge is 2.25. The van der Waals surface area contributed by atoms with Crippen LogP contribution in [0.5, 0.6) is 0 Å². The van der Waals surface area contributed by atoms with Gasteiger partial charge in [-0.15, -0.1) is 0 Å². The van der Waals surface area contributed by atoms with Crippen molar-refractivity contribution in [3.05, 3.63) is 11.1 Å². The normalized spacial score (nSPS) is 27.9. The van der Waals surface area contributed by atoms with E-state index in [9.17, 15) is 4.79 Å². The van der Waals surface area contributed by atoms with Gasteiger partial charge in [-0.2, -0.15) is 0 Å². The fourth-order valence-corrected chi connectivity index (χ4v) is 0.996. The number of rotatable bonds is 0. The van der Waals surface area contributed by atoms with Gasteiger partial charge in [-0.25, -0.2) is 0 Å². The molecule has 0 saturated carbocycles. The van der Waals surface area contributed by atoms with Crippen LogP contribution < -0.4 is 0 Å². The molecule has 0 bridgehead atoms. The second kappa shape index (κ2) is 1.95. The Morgan fingerprint density at radius 2 is 2.11 bits per heavy atom. The molecule has 0 radical (unpaired) electrons. The van der Waals surface area contributed by atoms with Gasteiger partial charge in [0.25, 0.3) is 0 Å². The third-order valence-corrected chi connectivity index (χ3v) is 1.81. The van der Waals surface area contributed by atoms with Crippen molar-refractivity contribution < 1.29 is 9.90 Å². The van der Waals surface area contributed by atoms with Crippen LogP contribution in [0.4, 0.5) is 0 Å². The standard InChI is InChI=1S/C7H10O2/c1-4-3-6(8)7(9)5(4)2/h6,8H,3H2,1-2H3/t6-/m1/s1. The van der Waals surface area contributed by atoms with Gasteiger partial charge in [-0.3, -0.25) is 4.79 Å². The lowest BCUT2D eigenvalue weighted by Crippen LogP contribution is -2.13. The maximum absolute atomic E-state index is 10.8. The smallest absolute Gasteiger partial charge is 0.187 e. The number of carbonyl (C=O) groups is 1. The van der Waals surface area contributed by atoms with E-state index >= 15 is 0 Å². The molecule has 0 amide bonds. The molecule has 0 unspecified atom stereocenters. The third-order valence-electron chi connectivity index (χ3n) is 1.81. The molecular formula is C7H10O2. The van der Waals surface area contributed by atoms with Crippen molar-refractivity contribution in [2.75, 3.05) is 0 Å². The Hall–Kier alpha value is -0.630. The topological polar surface area (TPSA) is 37.3 Å². The molecule has 0 aromatic carbocycles. The van der Waals surface area contributed by atoms with E-state index < -0.39 is 6.10 Å². The highest BCUT2D eigenvalue weighted by Crippen LogP contribution is 2.21. The molecule has 9 heavy (non-hydrogen) atoms. The van der Waals surface area contributed by atoms with Crippen molar-refractivity contribution in [2.45, 2.75) is 26.4 Å². The molecule has 0 heterocycles. The molecule has 1 N–H and O–H groups in total. The van der Waals surface area contributed by atoms with E-state index in [4.69, 9.17) is 5.11 Å². The molecular weight excluding hydrogens is 116 g/mol. The molecule has 1 rings (SSSR count). The van der Waals surface area contributed by atoms with Crippen molar-refractivity contribution in [2.24, 2.45) is 0 Å². The molecule has 0 aromatic rings. The van der Waals surface area contributed by atoms with Gasteiger partial charge in [0, 0.05) is 6.42 Å². The summed E-state index contributed by atoms with van der Waals surface area (Å²) in [5, 5.41) is 8.95. The maximum Gasteiger partial charge on any atom is 0.187 e. The molecule has 0 spiro atoms. The fraction of sp³-hybridized carbons (Fsp3) is 0.571. The van der Waals surface area contributed by atoms with E-state index in [1.54, 1.807) is 6.92 Å². The molecule has 50 valence electrons. The van der Waals surface area contributed by atoms with Crippen LogP contribution in [0.1, 0.15) is 20.3 Å². The Morgan fingerprint density at radius 3 is 2.22 bits per heavy atom. The summed E-state index contributed by atoms with van der Waals surface area (Å²) in [7, 11) is 0. The van der Waals surface area contributed by atoms with Gasteiger partial charge in [-0.1, -0.05) is 5.57 Å². The van der Waals surface area contributed by atoms with Crippen molar-refractivity contribution in [1.82, 2.24) is 0 Å². The summed E-state index contributed by atoms with van der Waals surface area (Å²) in [5.41, 5.74) is 1.76. The number of hydrogen-bond donors (Lipinski definition) is 1. The number of Topliss-reactive ketones (excluding diaryl/α,β-unsaturated/α-hetero) is 1. The molecule has 1 atom stereocenters. The van der Waals surface area contributed by atoms with Crippen molar-refractivity contribution in [1.29, 1.82) is 0 Å². The summed E-state index contributed by atoms with van der Waals surface area (Å²) in [6, 6.07) is 0. The molecule has 0 fully saturated rings. The summed E-state index contributed by atoms with van der Waals surface area (Å²) in [5.74, 6) is -0.104. The zero-order valence-electron chi connectivity index (χ0n) is 5.64. The summed E-state index contributed by atoms with van der Waals surface area (Å²) in [4.78, 5) is 10.8. The fourth-order valence-electron chi connectivity index (χ4n) is 0.996. The highest BCUT2D eigenvalue weighted by atomic mass is 16.3. The van der Waals surface area contributed by atoms with Crippen LogP contribution >= 0.6 is 0 Å². The first-order valence-electron chi connectivity index (χ1n) is 3.01. The van der Waals surface area contributed by atoms with Crippen LogP contribution in [0, 0.1) is 0 Å². The summed E-state index contributed by atoms with van der Waals surface area (Å²) in [6.45, 7) is 3.64. The molecule has 1 aliphatic rings. The molecule has 2 heteroatoms. The van der Waals surface area contributed by atoms with Gasteiger partial charge >= 0.3 is 0 Å². The highest BCUT2D eigenvalue weighted by molar-refractivity contribution is 6.01. The third kappa shape index (κ3) is 0.900. The second-order valence-corrected chi connectivity index (χ2v) is 2.49.